The first-order valence-corrected chi connectivity index (χ1v) is 7.09. The minimum Gasteiger partial charge on any atom is -0.382 e. The van der Waals surface area contributed by atoms with Crippen LogP contribution in [0, 0.1) is 18.3 Å². The van der Waals surface area contributed by atoms with Crippen molar-refractivity contribution in [3.63, 3.8) is 0 Å². The summed E-state index contributed by atoms with van der Waals surface area (Å²) in [7, 11) is 0. The fourth-order valence-corrected chi connectivity index (χ4v) is 2.21. The van der Waals surface area contributed by atoms with Gasteiger partial charge < -0.3 is 11.1 Å². The number of nitrogens with two attached hydrogens (primary N) is 1. The number of benzene rings is 1. The fourth-order valence-electron chi connectivity index (χ4n) is 1.58. The van der Waals surface area contributed by atoms with Gasteiger partial charge in [0.15, 0.2) is 5.16 Å². The third kappa shape index (κ3) is 4.19. The SMILES string of the molecule is Cc1cccc(NC(=O)CSc2ncc(C#N)c(N)n2)c1. The van der Waals surface area contributed by atoms with Gasteiger partial charge in [0.2, 0.25) is 5.91 Å². The predicted octanol–water partition coefficient (Wildman–Crippen LogP) is 1.97. The van der Waals surface area contributed by atoms with Crippen molar-refractivity contribution in [2.24, 2.45) is 0 Å². The minimum absolute atomic E-state index is 0.120. The Labute approximate surface area is 126 Å². The molecule has 0 spiro atoms. The first-order chi connectivity index (χ1) is 10.1. The van der Waals surface area contributed by atoms with Gasteiger partial charge in [0.05, 0.1) is 11.9 Å². The largest absolute Gasteiger partial charge is 0.382 e. The lowest BCUT2D eigenvalue weighted by atomic mass is 10.2. The summed E-state index contributed by atoms with van der Waals surface area (Å²) in [4.78, 5) is 19.8. The molecule has 0 atom stereocenters. The summed E-state index contributed by atoms with van der Waals surface area (Å²) in [6.07, 6.45) is 1.35. The van der Waals surface area contributed by atoms with Crippen LogP contribution in [0.1, 0.15) is 11.1 Å². The molecule has 0 bridgehead atoms. The van der Waals surface area contributed by atoms with Crippen LogP contribution >= 0.6 is 11.8 Å². The van der Waals surface area contributed by atoms with Gasteiger partial charge in [-0.3, -0.25) is 4.79 Å². The molecule has 3 N–H and O–H groups in total. The number of anilines is 2. The zero-order valence-corrected chi connectivity index (χ0v) is 12.1. The highest BCUT2D eigenvalue weighted by molar-refractivity contribution is 7.99. The smallest absolute Gasteiger partial charge is 0.234 e. The first-order valence-electron chi connectivity index (χ1n) is 6.10. The van der Waals surface area contributed by atoms with Gasteiger partial charge in [-0.05, 0) is 24.6 Å². The molecule has 1 aromatic carbocycles. The van der Waals surface area contributed by atoms with Gasteiger partial charge >= 0.3 is 0 Å². The maximum atomic E-state index is 11.8. The quantitative estimate of drug-likeness (QED) is 0.660. The van der Waals surface area contributed by atoms with E-state index in [2.05, 4.69) is 15.3 Å². The second-order valence-electron chi connectivity index (χ2n) is 4.27. The Morgan fingerprint density at radius 2 is 2.33 bits per heavy atom. The van der Waals surface area contributed by atoms with Gasteiger partial charge in [-0.1, -0.05) is 23.9 Å². The molecule has 0 aliphatic carbocycles. The van der Waals surface area contributed by atoms with Gasteiger partial charge in [-0.25, -0.2) is 9.97 Å². The highest BCUT2D eigenvalue weighted by Gasteiger charge is 2.08. The average molecular weight is 299 g/mol. The van der Waals surface area contributed by atoms with Gasteiger partial charge in [0.25, 0.3) is 0 Å². The van der Waals surface area contributed by atoms with Crippen LogP contribution in [-0.2, 0) is 4.79 Å². The number of carbonyl (C=O) groups excluding carboxylic acids is 1. The Kier molecular flexibility index (Phi) is 4.74. The molecule has 2 rings (SSSR count). The second-order valence-corrected chi connectivity index (χ2v) is 5.21. The van der Waals surface area contributed by atoms with E-state index in [1.807, 2.05) is 37.3 Å². The molecule has 0 saturated heterocycles. The number of carbonyl (C=O) groups is 1. The third-order valence-corrected chi connectivity index (χ3v) is 3.41. The number of nitriles is 1. The molecule has 106 valence electrons. The monoisotopic (exact) mass is 299 g/mol. The van der Waals surface area contributed by atoms with Crippen LogP contribution in [0.25, 0.3) is 0 Å². The number of hydrogen-bond acceptors (Lipinski definition) is 6. The van der Waals surface area contributed by atoms with E-state index in [4.69, 9.17) is 11.0 Å². The van der Waals surface area contributed by atoms with Crippen LogP contribution in [0.15, 0.2) is 35.6 Å². The Morgan fingerprint density at radius 1 is 1.52 bits per heavy atom. The normalized spacial score (nSPS) is 9.90. The van der Waals surface area contributed by atoms with Crippen molar-refractivity contribution in [2.45, 2.75) is 12.1 Å². The van der Waals surface area contributed by atoms with Crippen molar-refractivity contribution in [3.8, 4) is 6.07 Å². The van der Waals surface area contributed by atoms with Crippen molar-refractivity contribution < 1.29 is 4.79 Å². The maximum Gasteiger partial charge on any atom is 0.234 e. The molecule has 1 heterocycles. The van der Waals surface area contributed by atoms with Gasteiger partial charge in [0, 0.05) is 5.69 Å². The standard InChI is InChI=1S/C14H13N5OS/c1-9-3-2-4-11(5-9)18-12(20)8-21-14-17-7-10(6-15)13(16)19-14/h2-5,7H,8H2,1H3,(H,18,20)(H2,16,17,19). The molecule has 0 aliphatic heterocycles. The summed E-state index contributed by atoms with van der Waals surface area (Å²) >= 11 is 1.16. The van der Waals surface area contributed by atoms with E-state index in [0.717, 1.165) is 23.0 Å². The lowest BCUT2D eigenvalue weighted by molar-refractivity contribution is -0.113. The van der Waals surface area contributed by atoms with E-state index < -0.39 is 0 Å². The van der Waals surface area contributed by atoms with Crippen LogP contribution in [0.5, 0.6) is 0 Å². The summed E-state index contributed by atoms with van der Waals surface area (Å²) in [6.45, 7) is 1.96. The highest BCUT2D eigenvalue weighted by atomic mass is 32.2. The number of hydrogen-bond donors (Lipinski definition) is 2. The summed E-state index contributed by atoms with van der Waals surface area (Å²) in [5, 5.41) is 11.9. The molecule has 6 nitrogen and oxygen atoms in total. The number of rotatable bonds is 4. The maximum absolute atomic E-state index is 11.8. The van der Waals surface area contributed by atoms with E-state index in [1.165, 1.54) is 6.20 Å². The van der Waals surface area contributed by atoms with Gasteiger partial charge in [0.1, 0.15) is 17.5 Å². The Morgan fingerprint density at radius 3 is 3.00 bits per heavy atom. The molecule has 0 aliphatic rings. The van der Waals surface area contributed by atoms with Crippen molar-refractivity contribution >= 4 is 29.2 Å². The Balaban J connectivity index is 1.92. The van der Waals surface area contributed by atoms with Gasteiger partial charge in [-0.15, -0.1) is 0 Å². The number of nitrogen functional groups attached to an aromatic ring is 1. The average Bonchev–Trinajstić information content (AvgIpc) is 2.45. The molecule has 0 fully saturated rings. The molecule has 0 unspecified atom stereocenters. The second kappa shape index (κ2) is 6.72. The highest BCUT2D eigenvalue weighted by Crippen LogP contribution is 2.16. The molecular weight excluding hydrogens is 286 g/mol. The molecule has 2 aromatic rings. The van der Waals surface area contributed by atoms with E-state index in [-0.39, 0.29) is 23.0 Å². The molecule has 21 heavy (non-hydrogen) atoms. The number of nitrogens with zero attached hydrogens (tertiary/aromatic N) is 3. The summed E-state index contributed by atoms with van der Waals surface area (Å²) < 4.78 is 0. The van der Waals surface area contributed by atoms with E-state index >= 15 is 0 Å². The first kappa shape index (κ1) is 14.8. The topological polar surface area (TPSA) is 105 Å². The van der Waals surface area contributed by atoms with E-state index in [9.17, 15) is 4.79 Å². The number of amides is 1. The molecule has 1 aromatic heterocycles. The zero-order chi connectivity index (χ0) is 15.2. The molecule has 7 heteroatoms. The zero-order valence-electron chi connectivity index (χ0n) is 11.3. The number of thioether (sulfide) groups is 1. The fraction of sp³-hybridized carbons (Fsp3) is 0.143. The molecule has 0 saturated carbocycles. The predicted molar refractivity (Wildman–Crippen MR) is 81.7 cm³/mol. The van der Waals surface area contributed by atoms with Crippen LogP contribution in [0.4, 0.5) is 11.5 Å². The summed E-state index contributed by atoms with van der Waals surface area (Å²) in [5.74, 6) is 0.130. The lowest BCUT2D eigenvalue weighted by Crippen LogP contribution is -2.14. The summed E-state index contributed by atoms with van der Waals surface area (Å²) in [6, 6.07) is 9.43. The van der Waals surface area contributed by atoms with E-state index in [0.29, 0.717) is 5.16 Å². The third-order valence-electron chi connectivity index (χ3n) is 2.55. The Hall–Kier alpha value is -2.59. The minimum atomic E-state index is -0.155. The van der Waals surface area contributed by atoms with Crippen molar-refractivity contribution in [1.82, 2.24) is 9.97 Å². The van der Waals surface area contributed by atoms with Crippen molar-refractivity contribution in [1.29, 1.82) is 5.26 Å². The Bertz CT molecular complexity index is 711. The summed E-state index contributed by atoms with van der Waals surface area (Å²) in [5.41, 5.74) is 7.64. The molecular formula is C14H13N5OS. The number of aromatic nitrogens is 2. The van der Waals surface area contributed by atoms with Crippen molar-refractivity contribution in [3.05, 3.63) is 41.6 Å². The number of aryl methyl sites for hydroxylation is 1. The molecule has 0 radical (unpaired) electrons. The van der Waals surface area contributed by atoms with Gasteiger partial charge in [-0.2, -0.15) is 5.26 Å². The van der Waals surface area contributed by atoms with Crippen molar-refractivity contribution in [2.75, 3.05) is 16.8 Å². The van der Waals surface area contributed by atoms with Crippen LogP contribution in [0.3, 0.4) is 0 Å². The van der Waals surface area contributed by atoms with Crippen LogP contribution < -0.4 is 11.1 Å². The lowest BCUT2D eigenvalue weighted by Gasteiger charge is -2.05. The number of nitrogens with one attached hydrogen (secondary N) is 1. The van der Waals surface area contributed by atoms with Crippen LogP contribution in [0.2, 0.25) is 0 Å². The molecule has 1 amide bonds. The van der Waals surface area contributed by atoms with E-state index in [1.54, 1.807) is 0 Å². The van der Waals surface area contributed by atoms with Crippen LogP contribution in [-0.4, -0.2) is 21.6 Å².